The van der Waals surface area contributed by atoms with Crippen molar-refractivity contribution in [3.8, 4) is 5.75 Å². The quantitative estimate of drug-likeness (QED) is 0.839. The van der Waals surface area contributed by atoms with E-state index in [4.69, 9.17) is 4.74 Å². The maximum absolute atomic E-state index is 12.4. The molecule has 1 aromatic carbocycles. The molecule has 1 aliphatic rings. The average molecular weight is 298 g/mol. The Morgan fingerprint density at radius 2 is 2.29 bits per heavy atom. The Bertz CT molecular complexity index is 433. The van der Waals surface area contributed by atoms with E-state index in [0.29, 0.717) is 17.4 Å². The highest BCUT2D eigenvalue weighted by Crippen LogP contribution is 2.26. The molecule has 17 heavy (non-hydrogen) atoms. The lowest BCUT2D eigenvalue weighted by Gasteiger charge is -2.22. The molecular formula is C13H16BrNO2. The van der Waals surface area contributed by atoms with E-state index in [2.05, 4.69) is 22.9 Å². The number of hydrogen-bond acceptors (Lipinski definition) is 2. The molecule has 1 atom stereocenters. The van der Waals surface area contributed by atoms with Crippen molar-refractivity contribution in [1.29, 1.82) is 0 Å². The number of likely N-dealkylation sites (tertiary alicyclic amines) is 1. The second-order valence-corrected chi connectivity index (χ2v) is 5.19. The summed E-state index contributed by atoms with van der Waals surface area (Å²) in [7, 11) is 1.61. The van der Waals surface area contributed by atoms with Gasteiger partial charge in [0.25, 0.3) is 5.91 Å². The third-order valence-corrected chi connectivity index (χ3v) is 3.91. The monoisotopic (exact) mass is 297 g/mol. The van der Waals surface area contributed by atoms with Gasteiger partial charge in [0.2, 0.25) is 0 Å². The van der Waals surface area contributed by atoms with Gasteiger partial charge in [-0.15, -0.1) is 0 Å². The van der Waals surface area contributed by atoms with E-state index in [1.54, 1.807) is 13.2 Å². The molecule has 1 aromatic rings. The van der Waals surface area contributed by atoms with Crippen LogP contribution in [0, 0.1) is 0 Å². The van der Waals surface area contributed by atoms with Crippen LogP contribution in [0.15, 0.2) is 22.7 Å². The second-order valence-electron chi connectivity index (χ2n) is 4.34. The maximum atomic E-state index is 12.4. The molecule has 3 nitrogen and oxygen atoms in total. The minimum atomic E-state index is 0.0841. The lowest BCUT2D eigenvalue weighted by atomic mass is 10.1. The standard InChI is InChI=1S/C13H16BrNO2/c1-9-4-3-7-15(9)13(16)11-8-10(17-2)5-6-12(11)14/h5-6,8-9H,3-4,7H2,1-2H3. The van der Waals surface area contributed by atoms with Gasteiger partial charge < -0.3 is 9.64 Å². The molecule has 0 aromatic heterocycles. The Morgan fingerprint density at radius 3 is 2.88 bits per heavy atom. The van der Waals surface area contributed by atoms with Gasteiger partial charge >= 0.3 is 0 Å². The number of amides is 1. The van der Waals surface area contributed by atoms with Crippen LogP contribution in [0.5, 0.6) is 5.75 Å². The highest BCUT2D eigenvalue weighted by atomic mass is 79.9. The van der Waals surface area contributed by atoms with Crippen molar-refractivity contribution < 1.29 is 9.53 Å². The van der Waals surface area contributed by atoms with Crippen molar-refractivity contribution in [2.24, 2.45) is 0 Å². The van der Waals surface area contributed by atoms with Gasteiger partial charge in [-0.3, -0.25) is 4.79 Å². The van der Waals surface area contributed by atoms with Crippen LogP contribution in [0.4, 0.5) is 0 Å². The first-order valence-corrected chi connectivity index (χ1v) is 6.57. The van der Waals surface area contributed by atoms with Crippen molar-refractivity contribution in [3.05, 3.63) is 28.2 Å². The van der Waals surface area contributed by atoms with Crippen LogP contribution < -0.4 is 4.74 Å². The molecule has 0 bridgehead atoms. The number of hydrogen-bond donors (Lipinski definition) is 0. The van der Waals surface area contributed by atoms with Crippen molar-refractivity contribution in [2.45, 2.75) is 25.8 Å². The predicted molar refractivity (Wildman–Crippen MR) is 70.4 cm³/mol. The van der Waals surface area contributed by atoms with Gasteiger partial charge in [-0.25, -0.2) is 0 Å². The molecule has 1 aliphatic heterocycles. The highest BCUT2D eigenvalue weighted by Gasteiger charge is 2.27. The molecule has 1 unspecified atom stereocenters. The van der Waals surface area contributed by atoms with Crippen molar-refractivity contribution in [2.75, 3.05) is 13.7 Å². The Balaban J connectivity index is 2.29. The molecule has 92 valence electrons. The summed E-state index contributed by atoms with van der Waals surface area (Å²) in [5.74, 6) is 0.796. The molecule has 0 radical (unpaired) electrons. The molecule has 0 saturated carbocycles. The number of nitrogens with zero attached hydrogens (tertiary/aromatic N) is 1. The number of carbonyl (C=O) groups is 1. The topological polar surface area (TPSA) is 29.5 Å². The first-order chi connectivity index (χ1) is 8.13. The third-order valence-electron chi connectivity index (χ3n) is 3.22. The number of benzene rings is 1. The molecule has 1 saturated heterocycles. The SMILES string of the molecule is COc1ccc(Br)c(C(=O)N2CCCC2C)c1. The van der Waals surface area contributed by atoms with Gasteiger partial charge in [-0.1, -0.05) is 0 Å². The van der Waals surface area contributed by atoms with Crippen molar-refractivity contribution in [1.82, 2.24) is 4.90 Å². The fourth-order valence-electron chi connectivity index (χ4n) is 2.18. The number of ether oxygens (including phenoxy) is 1. The maximum Gasteiger partial charge on any atom is 0.255 e. The van der Waals surface area contributed by atoms with Crippen molar-refractivity contribution >= 4 is 21.8 Å². The summed E-state index contributed by atoms with van der Waals surface area (Å²) in [6, 6.07) is 5.82. The van der Waals surface area contributed by atoms with Gasteiger partial charge in [-0.05, 0) is 53.9 Å². The third kappa shape index (κ3) is 2.46. The van der Waals surface area contributed by atoms with Crippen LogP contribution in [-0.4, -0.2) is 30.5 Å². The summed E-state index contributed by atoms with van der Waals surface area (Å²) < 4.78 is 5.98. The molecule has 1 heterocycles. The summed E-state index contributed by atoms with van der Waals surface area (Å²) in [6.45, 7) is 2.95. The molecule has 4 heteroatoms. The summed E-state index contributed by atoms with van der Waals surface area (Å²) in [4.78, 5) is 14.3. The zero-order valence-corrected chi connectivity index (χ0v) is 11.7. The molecule has 2 rings (SSSR count). The van der Waals surface area contributed by atoms with Gasteiger partial charge in [-0.2, -0.15) is 0 Å². The normalized spacial score (nSPS) is 19.5. The van der Waals surface area contributed by atoms with Crippen molar-refractivity contribution in [3.63, 3.8) is 0 Å². The van der Waals surface area contributed by atoms with Crippen LogP contribution in [0.1, 0.15) is 30.1 Å². The predicted octanol–water partition coefficient (Wildman–Crippen LogP) is 3.08. The van der Waals surface area contributed by atoms with E-state index in [9.17, 15) is 4.79 Å². The number of methoxy groups -OCH3 is 1. The summed E-state index contributed by atoms with van der Waals surface area (Å²) in [6.07, 6.45) is 2.18. The zero-order chi connectivity index (χ0) is 12.4. The highest BCUT2D eigenvalue weighted by molar-refractivity contribution is 9.10. The molecule has 1 fully saturated rings. The van der Waals surface area contributed by atoms with Gasteiger partial charge in [0.1, 0.15) is 5.75 Å². The van der Waals surface area contributed by atoms with Gasteiger partial charge in [0, 0.05) is 17.1 Å². The van der Waals surface area contributed by atoms with E-state index < -0.39 is 0 Å². The Kier molecular flexibility index (Phi) is 3.72. The zero-order valence-electron chi connectivity index (χ0n) is 10.1. The molecule has 0 N–H and O–H groups in total. The van der Waals surface area contributed by atoms with E-state index in [-0.39, 0.29) is 5.91 Å². The first kappa shape index (κ1) is 12.4. The Hall–Kier alpha value is -1.03. The fraction of sp³-hybridized carbons (Fsp3) is 0.462. The first-order valence-electron chi connectivity index (χ1n) is 5.78. The second kappa shape index (κ2) is 5.08. The van der Waals surface area contributed by atoms with Crippen LogP contribution >= 0.6 is 15.9 Å². The Labute approximate surface area is 110 Å². The van der Waals surface area contributed by atoms with Crippen LogP contribution in [-0.2, 0) is 0 Å². The van der Waals surface area contributed by atoms with E-state index >= 15 is 0 Å². The number of halogens is 1. The lowest BCUT2D eigenvalue weighted by molar-refractivity contribution is 0.0746. The van der Waals surface area contributed by atoms with E-state index in [0.717, 1.165) is 23.9 Å². The van der Waals surface area contributed by atoms with Crippen LogP contribution in [0.3, 0.4) is 0 Å². The van der Waals surface area contributed by atoms with E-state index in [1.165, 1.54) is 0 Å². The summed E-state index contributed by atoms with van der Waals surface area (Å²) in [5, 5.41) is 0. The summed E-state index contributed by atoms with van der Waals surface area (Å²) in [5.41, 5.74) is 0.679. The average Bonchev–Trinajstić information content (AvgIpc) is 2.75. The molecule has 1 amide bonds. The van der Waals surface area contributed by atoms with Gasteiger partial charge in [0.05, 0.1) is 12.7 Å². The molecule has 0 aliphatic carbocycles. The van der Waals surface area contributed by atoms with Gasteiger partial charge in [0.15, 0.2) is 0 Å². The largest absolute Gasteiger partial charge is 0.497 e. The van der Waals surface area contributed by atoms with Crippen LogP contribution in [0.2, 0.25) is 0 Å². The smallest absolute Gasteiger partial charge is 0.255 e. The molecule has 0 spiro atoms. The van der Waals surface area contributed by atoms with E-state index in [1.807, 2.05) is 17.0 Å². The fourth-order valence-corrected chi connectivity index (χ4v) is 2.60. The minimum Gasteiger partial charge on any atom is -0.497 e. The summed E-state index contributed by atoms with van der Waals surface area (Å²) >= 11 is 3.42. The number of rotatable bonds is 2. The molecular weight excluding hydrogens is 282 g/mol. The Morgan fingerprint density at radius 1 is 1.53 bits per heavy atom. The lowest BCUT2D eigenvalue weighted by Crippen LogP contribution is -2.33. The van der Waals surface area contributed by atoms with Crippen LogP contribution in [0.25, 0.3) is 0 Å². The number of carbonyl (C=O) groups excluding carboxylic acids is 1. The minimum absolute atomic E-state index is 0.0841.